The quantitative estimate of drug-likeness (QED) is 0.468. The SMILES string of the molecule is COC(=O)C[C@@H](C(=O)OC)[C@H](NC(=O)C(C)(c1ccccc1)c1ccccc1)C(=O)OC. The van der Waals surface area contributed by atoms with Gasteiger partial charge < -0.3 is 19.5 Å². The van der Waals surface area contributed by atoms with Crippen molar-refractivity contribution in [2.75, 3.05) is 21.3 Å². The summed E-state index contributed by atoms with van der Waals surface area (Å²) < 4.78 is 14.2. The lowest BCUT2D eigenvalue weighted by molar-refractivity contribution is -0.159. The Bertz CT molecular complexity index is 904. The number of rotatable bonds is 9. The molecule has 1 N–H and O–H groups in total. The lowest BCUT2D eigenvalue weighted by atomic mass is 9.75. The molecule has 170 valence electrons. The highest BCUT2D eigenvalue weighted by molar-refractivity contribution is 5.96. The van der Waals surface area contributed by atoms with Crippen LogP contribution in [0.4, 0.5) is 0 Å². The molecule has 8 heteroatoms. The fourth-order valence-corrected chi connectivity index (χ4v) is 3.46. The number of carbonyl (C=O) groups is 4. The van der Waals surface area contributed by atoms with E-state index in [0.717, 1.165) is 21.3 Å². The average Bonchev–Trinajstić information content (AvgIpc) is 2.85. The summed E-state index contributed by atoms with van der Waals surface area (Å²) in [4.78, 5) is 50.6. The van der Waals surface area contributed by atoms with Gasteiger partial charge in [0.1, 0.15) is 6.04 Å². The van der Waals surface area contributed by atoms with E-state index in [9.17, 15) is 19.2 Å². The topological polar surface area (TPSA) is 108 Å². The lowest BCUT2D eigenvalue weighted by Gasteiger charge is -2.32. The van der Waals surface area contributed by atoms with Crippen LogP contribution in [0.3, 0.4) is 0 Å². The number of benzene rings is 2. The molecule has 0 unspecified atom stereocenters. The fourth-order valence-electron chi connectivity index (χ4n) is 3.46. The van der Waals surface area contributed by atoms with Gasteiger partial charge in [0.2, 0.25) is 5.91 Å². The molecule has 2 atom stereocenters. The predicted octanol–water partition coefficient (Wildman–Crippen LogP) is 2.00. The fraction of sp³-hybridized carbons (Fsp3) is 0.333. The second kappa shape index (κ2) is 11.1. The Balaban J connectivity index is 2.52. The molecule has 0 heterocycles. The molecule has 32 heavy (non-hydrogen) atoms. The summed E-state index contributed by atoms with van der Waals surface area (Å²) in [5, 5.41) is 2.63. The Hall–Kier alpha value is -3.68. The van der Waals surface area contributed by atoms with Crippen molar-refractivity contribution in [3.8, 4) is 0 Å². The van der Waals surface area contributed by atoms with Crippen LogP contribution in [-0.2, 0) is 38.8 Å². The van der Waals surface area contributed by atoms with Crippen LogP contribution in [0.2, 0.25) is 0 Å². The largest absolute Gasteiger partial charge is 0.469 e. The summed E-state index contributed by atoms with van der Waals surface area (Å²) in [5.41, 5.74) is 0.144. The normalized spacial score (nSPS) is 12.8. The van der Waals surface area contributed by atoms with Gasteiger partial charge in [-0.25, -0.2) is 4.79 Å². The molecule has 8 nitrogen and oxygen atoms in total. The zero-order valence-corrected chi connectivity index (χ0v) is 18.5. The second-order valence-corrected chi connectivity index (χ2v) is 7.24. The minimum atomic E-state index is -1.47. The maximum atomic E-state index is 13.7. The zero-order chi connectivity index (χ0) is 23.7. The summed E-state index contributed by atoms with van der Waals surface area (Å²) in [6.07, 6.45) is -0.476. The molecule has 0 spiro atoms. The minimum absolute atomic E-state index is 0.476. The van der Waals surface area contributed by atoms with E-state index in [0.29, 0.717) is 11.1 Å². The molecule has 0 bridgehead atoms. The highest BCUT2D eigenvalue weighted by Gasteiger charge is 2.43. The van der Waals surface area contributed by atoms with Gasteiger partial charge in [0.05, 0.1) is 39.1 Å². The first-order valence-corrected chi connectivity index (χ1v) is 9.94. The van der Waals surface area contributed by atoms with Crippen LogP contribution >= 0.6 is 0 Å². The van der Waals surface area contributed by atoms with E-state index in [1.165, 1.54) is 0 Å². The molecule has 0 radical (unpaired) electrons. The van der Waals surface area contributed by atoms with E-state index < -0.39 is 47.6 Å². The van der Waals surface area contributed by atoms with Crippen LogP contribution in [0.25, 0.3) is 0 Å². The Morgan fingerprint density at radius 1 is 0.781 bits per heavy atom. The number of nitrogens with one attached hydrogen (secondary N) is 1. The predicted molar refractivity (Wildman–Crippen MR) is 115 cm³/mol. The number of hydrogen-bond acceptors (Lipinski definition) is 7. The van der Waals surface area contributed by atoms with Crippen molar-refractivity contribution in [3.63, 3.8) is 0 Å². The van der Waals surface area contributed by atoms with Crippen molar-refractivity contribution in [2.45, 2.75) is 24.8 Å². The van der Waals surface area contributed by atoms with Crippen molar-refractivity contribution in [1.82, 2.24) is 5.32 Å². The Kier molecular flexibility index (Phi) is 8.52. The van der Waals surface area contributed by atoms with Gasteiger partial charge in [-0.2, -0.15) is 0 Å². The molecule has 2 rings (SSSR count). The van der Waals surface area contributed by atoms with Gasteiger partial charge >= 0.3 is 17.9 Å². The number of ether oxygens (including phenoxy) is 3. The van der Waals surface area contributed by atoms with Crippen molar-refractivity contribution < 1.29 is 33.4 Å². The third-order valence-corrected chi connectivity index (χ3v) is 5.42. The van der Waals surface area contributed by atoms with E-state index in [1.807, 2.05) is 12.1 Å². The zero-order valence-electron chi connectivity index (χ0n) is 18.5. The van der Waals surface area contributed by atoms with Crippen LogP contribution in [-0.4, -0.2) is 51.2 Å². The number of amides is 1. The lowest BCUT2D eigenvalue weighted by Crippen LogP contribution is -2.55. The van der Waals surface area contributed by atoms with Crippen LogP contribution in [0.5, 0.6) is 0 Å². The maximum Gasteiger partial charge on any atom is 0.329 e. The van der Waals surface area contributed by atoms with Gasteiger partial charge in [-0.15, -0.1) is 0 Å². The third kappa shape index (κ3) is 5.32. The number of esters is 3. The number of carbonyl (C=O) groups excluding carboxylic acids is 4. The van der Waals surface area contributed by atoms with Gasteiger partial charge in [0.25, 0.3) is 0 Å². The molecule has 0 aliphatic carbocycles. The third-order valence-electron chi connectivity index (χ3n) is 5.42. The summed E-state index contributed by atoms with van der Waals surface area (Å²) >= 11 is 0. The molecule has 0 aromatic heterocycles. The maximum absolute atomic E-state index is 13.7. The molecule has 0 aliphatic heterocycles. The van der Waals surface area contributed by atoms with Crippen molar-refractivity contribution in [2.24, 2.45) is 5.92 Å². The first kappa shape index (κ1) is 24.6. The molecule has 0 saturated carbocycles. The molecule has 2 aromatic carbocycles. The molecular weight excluding hydrogens is 414 g/mol. The molecule has 0 saturated heterocycles. The first-order chi connectivity index (χ1) is 15.3. The van der Waals surface area contributed by atoms with Gasteiger partial charge in [-0.3, -0.25) is 14.4 Å². The van der Waals surface area contributed by atoms with Crippen molar-refractivity contribution in [3.05, 3.63) is 71.8 Å². The number of methoxy groups -OCH3 is 3. The van der Waals surface area contributed by atoms with Crippen molar-refractivity contribution >= 4 is 23.8 Å². The van der Waals surface area contributed by atoms with E-state index in [-0.39, 0.29) is 0 Å². The standard InChI is InChI=1S/C24H27NO7/c1-24(16-11-7-5-8-12-16,17-13-9-6-10-14-17)23(29)25-20(22(28)32-4)18(21(27)31-3)15-19(26)30-2/h5-14,18,20H,15H2,1-4H3,(H,25,29)/t18-,20+/m1/s1. The van der Waals surface area contributed by atoms with Gasteiger partial charge in [-0.05, 0) is 18.1 Å². The average molecular weight is 441 g/mol. The molecular formula is C24H27NO7. The molecule has 2 aromatic rings. The van der Waals surface area contributed by atoms with Gasteiger partial charge in [0, 0.05) is 0 Å². The van der Waals surface area contributed by atoms with Crippen LogP contribution in [0.15, 0.2) is 60.7 Å². The summed E-state index contributed by atoms with van der Waals surface area (Å²) in [6.45, 7) is 1.72. The Morgan fingerprint density at radius 2 is 1.25 bits per heavy atom. The summed E-state index contributed by atoms with van der Waals surface area (Å²) in [6, 6.07) is 16.6. The molecule has 0 aliphatic rings. The highest BCUT2D eigenvalue weighted by atomic mass is 16.5. The van der Waals surface area contributed by atoms with E-state index >= 15 is 0 Å². The number of hydrogen-bond donors (Lipinski definition) is 1. The Morgan fingerprint density at radius 3 is 1.66 bits per heavy atom. The Labute approximate surface area is 186 Å². The van der Waals surface area contributed by atoms with Gasteiger partial charge in [-0.1, -0.05) is 60.7 Å². The van der Waals surface area contributed by atoms with Crippen LogP contribution in [0, 0.1) is 5.92 Å². The van der Waals surface area contributed by atoms with Gasteiger partial charge in [0.15, 0.2) is 0 Å². The summed E-state index contributed by atoms with van der Waals surface area (Å²) in [7, 11) is 3.41. The molecule has 1 amide bonds. The monoisotopic (exact) mass is 441 g/mol. The second-order valence-electron chi connectivity index (χ2n) is 7.24. The van der Waals surface area contributed by atoms with E-state index in [1.54, 1.807) is 55.5 Å². The first-order valence-electron chi connectivity index (χ1n) is 9.94. The minimum Gasteiger partial charge on any atom is -0.469 e. The smallest absolute Gasteiger partial charge is 0.329 e. The highest BCUT2D eigenvalue weighted by Crippen LogP contribution is 2.33. The molecule has 0 fully saturated rings. The van der Waals surface area contributed by atoms with Crippen LogP contribution < -0.4 is 5.32 Å². The summed E-state index contributed by atoms with van der Waals surface area (Å²) in [5.74, 6) is -4.37. The van der Waals surface area contributed by atoms with Crippen molar-refractivity contribution in [1.29, 1.82) is 0 Å². The van der Waals surface area contributed by atoms with E-state index in [2.05, 4.69) is 10.1 Å². The van der Waals surface area contributed by atoms with E-state index in [4.69, 9.17) is 9.47 Å². The van der Waals surface area contributed by atoms with Crippen LogP contribution in [0.1, 0.15) is 24.5 Å².